The van der Waals surface area contributed by atoms with Crippen LogP contribution in [0, 0.1) is 0 Å². The molecule has 0 fully saturated rings. The summed E-state index contributed by atoms with van der Waals surface area (Å²) in [5, 5.41) is 0. The van der Waals surface area contributed by atoms with Gasteiger partial charge < -0.3 is 0 Å². The minimum Gasteiger partial charge on any atom is -0.125 e. The molecule has 0 aliphatic rings. The molecule has 104 valence electrons. The summed E-state index contributed by atoms with van der Waals surface area (Å²) < 4.78 is 0. The first kappa shape index (κ1) is 15.3. The minimum absolute atomic E-state index is 1.05. The smallest absolute Gasteiger partial charge is 0.0228 e. The van der Waals surface area contributed by atoms with Crippen molar-refractivity contribution in [3.63, 3.8) is 0 Å². The molecule has 0 aromatic heterocycles. The van der Waals surface area contributed by atoms with Gasteiger partial charge in [0.05, 0.1) is 0 Å². The highest BCUT2D eigenvalue weighted by atomic mass is 32.2. The number of hydrogen-bond acceptors (Lipinski definition) is 2. The number of rotatable bonds is 6. The third-order valence-electron chi connectivity index (χ3n) is 3.09. The van der Waals surface area contributed by atoms with Crippen molar-refractivity contribution < 1.29 is 0 Å². The van der Waals surface area contributed by atoms with Crippen molar-refractivity contribution in [2.45, 2.75) is 25.4 Å². The minimum atomic E-state index is 1.05. The van der Waals surface area contributed by atoms with Crippen molar-refractivity contribution in [1.29, 1.82) is 0 Å². The molecule has 2 aromatic rings. The van der Waals surface area contributed by atoms with Gasteiger partial charge >= 0.3 is 0 Å². The van der Waals surface area contributed by atoms with Gasteiger partial charge in [0.2, 0.25) is 0 Å². The van der Waals surface area contributed by atoms with Gasteiger partial charge in [-0.15, -0.1) is 23.5 Å². The molecule has 2 heteroatoms. The monoisotopic (exact) mass is 300 g/mol. The Hall–Kier alpha value is -1.12. The third-order valence-corrected chi connectivity index (χ3v) is 5.66. The molecule has 20 heavy (non-hydrogen) atoms. The molecule has 0 spiro atoms. The molecule has 0 aliphatic carbocycles. The first-order valence-electron chi connectivity index (χ1n) is 6.76. The summed E-state index contributed by atoms with van der Waals surface area (Å²) >= 11 is 3.86. The second-order valence-corrected chi connectivity index (χ2v) is 7.04. The number of allylic oxidation sites excluding steroid dienone is 2. The average Bonchev–Trinajstić information content (AvgIpc) is 2.52. The fraction of sp³-hybridized carbons (Fsp3) is 0.222. The second kappa shape index (κ2) is 8.23. The summed E-state index contributed by atoms with van der Waals surface area (Å²) in [7, 11) is 0. The van der Waals surface area contributed by atoms with E-state index in [2.05, 4.69) is 74.5 Å². The van der Waals surface area contributed by atoms with Crippen molar-refractivity contribution >= 4 is 23.5 Å². The topological polar surface area (TPSA) is 0 Å². The first-order valence-corrected chi connectivity index (χ1v) is 8.74. The maximum absolute atomic E-state index is 2.22. The van der Waals surface area contributed by atoms with Crippen LogP contribution < -0.4 is 0 Å². The quantitative estimate of drug-likeness (QED) is 0.631. The molecule has 0 aliphatic heterocycles. The van der Waals surface area contributed by atoms with Gasteiger partial charge in [0.25, 0.3) is 0 Å². The molecule has 0 atom stereocenters. The van der Waals surface area contributed by atoms with Crippen LogP contribution in [0.2, 0.25) is 0 Å². The summed E-state index contributed by atoms with van der Waals surface area (Å²) in [5.74, 6) is 2.10. The predicted octanol–water partition coefficient (Wildman–Crippen LogP) is 6.10. The van der Waals surface area contributed by atoms with Gasteiger partial charge in [-0.2, -0.15) is 0 Å². The van der Waals surface area contributed by atoms with E-state index in [0.29, 0.717) is 0 Å². The van der Waals surface area contributed by atoms with Gasteiger partial charge in [-0.25, -0.2) is 0 Å². The Kier molecular flexibility index (Phi) is 6.28. The van der Waals surface area contributed by atoms with Crippen molar-refractivity contribution in [1.82, 2.24) is 0 Å². The van der Waals surface area contributed by atoms with E-state index in [0.717, 1.165) is 11.5 Å². The van der Waals surface area contributed by atoms with E-state index in [1.54, 1.807) is 0 Å². The SMILES string of the molecule is C/C(SCc1ccccc1)=C(/C)SCc1ccccc1. The molecule has 0 N–H and O–H groups in total. The van der Waals surface area contributed by atoms with E-state index in [1.165, 1.54) is 20.9 Å². The Morgan fingerprint density at radius 3 is 1.35 bits per heavy atom. The zero-order valence-electron chi connectivity index (χ0n) is 12.0. The van der Waals surface area contributed by atoms with Crippen molar-refractivity contribution in [3.05, 3.63) is 81.6 Å². The number of thioether (sulfide) groups is 2. The molecule has 0 nitrogen and oxygen atoms in total. The highest BCUT2D eigenvalue weighted by molar-refractivity contribution is 8.05. The van der Waals surface area contributed by atoms with Crippen LogP contribution in [0.1, 0.15) is 25.0 Å². The number of benzene rings is 2. The molecule has 2 aromatic carbocycles. The van der Waals surface area contributed by atoms with Crippen molar-refractivity contribution in [3.8, 4) is 0 Å². The molecular formula is C18H20S2. The summed E-state index contributed by atoms with van der Waals surface area (Å²) in [5.41, 5.74) is 2.77. The molecule has 0 amide bonds. The second-order valence-electron chi connectivity index (χ2n) is 4.66. The normalized spacial score (nSPS) is 12.1. The summed E-state index contributed by atoms with van der Waals surface area (Å²) in [6.45, 7) is 4.45. The maximum Gasteiger partial charge on any atom is 0.0228 e. The highest BCUT2D eigenvalue weighted by Crippen LogP contribution is 2.31. The Morgan fingerprint density at radius 2 is 1.00 bits per heavy atom. The van der Waals surface area contributed by atoms with Crippen molar-refractivity contribution in [2.24, 2.45) is 0 Å². The zero-order valence-corrected chi connectivity index (χ0v) is 13.6. The molecule has 0 saturated heterocycles. The third kappa shape index (κ3) is 5.10. The molecule has 0 unspecified atom stereocenters. The van der Waals surface area contributed by atoms with Crippen LogP contribution in [0.25, 0.3) is 0 Å². The first-order chi connectivity index (χ1) is 9.75. The molecule has 2 rings (SSSR count). The molecule has 0 heterocycles. The van der Waals surface area contributed by atoms with Crippen LogP contribution in [-0.4, -0.2) is 0 Å². The van der Waals surface area contributed by atoms with Gasteiger partial charge in [-0.05, 0) is 34.8 Å². The fourth-order valence-corrected chi connectivity index (χ4v) is 3.65. The summed E-state index contributed by atoms with van der Waals surface area (Å²) in [6.07, 6.45) is 0. The lowest BCUT2D eigenvalue weighted by Crippen LogP contribution is -1.83. The Morgan fingerprint density at radius 1 is 0.650 bits per heavy atom. The predicted molar refractivity (Wildman–Crippen MR) is 93.8 cm³/mol. The lowest BCUT2D eigenvalue weighted by molar-refractivity contribution is 1.40. The van der Waals surface area contributed by atoms with Crippen LogP contribution in [0.4, 0.5) is 0 Å². The Balaban J connectivity index is 1.84. The van der Waals surface area contributed by atoms with Crippen LogP contribution in [0.15, 0.2) is 70.5 Å². The standard InChI is InChI=1S/C18H20S2/c1-15(19-13-17-9-5-3-6-10-17)16(2)20-14-18-11-7-4-8-12-18/h3-12H,13-14H2,1-2H3/b16-15+. The largest absolute Gasteiger partial charge is 0.125 e. The molecule has 0 saturated carbocycles. The average molecular weight is 300 g/mol. The van der Waals surface area contributed by atoms with Gasteiger partial charge in [0.15, 0.2) is 0 Å². The van der Waals surface area contributed by atoms with E-state index in [-0.39, 0.29) is 0 Å². The fourth-order valence-electron chi connectivity index (χ4n) is 1.73. The maximum atomic E-state index is 2.22. The highest BCUT2D eigenvalue weighted by Gasteiger charge is 2.01. The Bertz CT molecular complexity index is 493. The van der Waals surface area contributed by atoms with E-state index in [4.69, 9.17) is 0 Å². The van der Waals surface area contributed by atoms with Gasteiger partial charge in [-0.1, -0.05) is 60.7 Å². The zero-order chi connectivity index (χ0) is 14.2. The van der Waals surface area contributed by atoms with E-state index < -0.39 is 0 Å². The van der Waals surface area contributed by atoms with Crippen molar-refractivity contribution in [2.75, 3.05) is 0 Å². The van der Waals surface area contributed by atoms with Crippen LogP contribution in [0.3, 0.4) is 0 Å². The van der Waals surface area contributed by atoms with E-state index >= 15 is 0 Å². The lowest BCUT2D eigenvalue weighted by Gasteiger charge is -2.08. The molecule has 0 bridgehead atoms. The van der Waals surface area contributed by atoms with Crippen LogP contribution >= 0.6 is 23.5 Å². The van der Waals surface area contributed by atoms with E-state index in [1.807, 2.05) is 23.5 Å². The lowest BCUT2D eigenvalue weighted by atomic mass is 10.2. The summed E-state index contributed by atoms with van der Waals surface area (Å²) in [4.78, 5) is 2.85. The van der Waals surface area contributed by atoms with Gasteiger partial charge in [0, 0.05) is 11.5 Å². The van der Waals surface area contributed by atoms with Crippen LogP contribution in [0.5, 0.6) is 0 Å². The van der Waals surface area contributed by atoms with Crippen LogP contribution in [-0.2, 0) is 11.5 Å². The molecular weight excluding hydrogens is 280 g/mol. The van der Waals surface area contributed by atoms with E-state index in [9.17, 15) is 0 Å². The summed E-state index contributed by atoms with van der Waals surface area (Å²) in [6, 6.07) is 21.3. The number of hydrogen-bond donors (Lipinski definition) is 0. The Labute approximate surface area is 130 Å². The molecule has 0 radical (unpaired) electrons. The van der Waals surface area contributed by atoms with Gasteiger partial charge in [-0.3, -0.25) is 0 Å². The van der Waals surface area contributed by atoms with Gasteiger partial charge in [0.1, 0.15) is 0 Å².